The first-order chi connectivity index (χ1) is 9.12. The van der Waals surface area contributed by atoms with Gasteiger partial charge in [-0.25, -0.2) is 0 Å². The first-order valence-electron chi connectivity index (χ1n) is 6.08. The molecule has 0 heterocycles. The van der Waals surface area contributed by atoms with Crippen LogP contribution in [0.1, 0.15) is 48.5 Å². The van der Waals surface area contributed by atoms with Crippen molar-refractivity contribution in [2.24, 2.45) is 10.8 Å². The lowest BCUT2D eigenvalue weighted by atomic mass is 9.98. The Kier molecular flexibility index (Phi) is 25.2. The number of aldehydes is 1. The standard InChI is InChI=1S/C6H12.C5H12.C2HF3O.C2H4.CH2O/c1-5-6(2,3)4;1-5(2,3)4;3-2(4,5)1-6;2*1-2/h5H,1H2,2-4H3;1-4H3;1H;1-2H2;1H2. The van der Waals surface area contributed by atoms with Gasteiger partial charge in [-0.2, -0.15) is 13.2 Å². The zero-order chi connectivity index (χ0) is 18.9. The van der Waals surface area contributed by atoms with Crippen LogP contribution in [0, 0.1) is 10.8 Å². The van der Waals surface area contributed by atoms with E-state index >= 15 is 0 Å². The number of carbonyl (C=O) groups excluding carboxylic acids is 2. The molecule has 0 aromatic carbocycles. The van der Waals surface area contributed by atoms with Gasteiger partial charge in [0.2, 0.25) is 6.29 Å². The first-order valence-corrected chi connectivity index (χ1v) is 6.08. The Bertz CT molecular complexity index is 207. The molecular formula is C16H31F3O2. The second kappa shape index (κ2) is 16.7. The summed E-state index contributed by atoms with van der Waals surface area (Å²) in [6, 6.07) is 0. The minimum Gasteiger partial charge on any atom is -0.307 e. The summed E-state index contributed by atoms with van der Waals surface area (Å²) in [5.74, 6) is 0. The van der Waals surface area contributed by atoms with Gasteiger partial charge in [0.25, 0.3) is 0 Å². The predicted molar refractivity (Wildman–Crippen MR) is 85.3 cm³/mol. The van der Waals surface area contributed by atoms with Crippen molar-refractivity contribution < 1.29 is 22.8 Å². The molecule has 0 aliphatic carbocycles. The van der Waals surface area contributed by atoms with Crippen molar-refractivity contribution in [3.05, 3.63) is 25.8 Å². The van der Waals surface area contributed by atoms with Crippen LogP contribution in [0.25, 0.3) is 0 Å². The van der Waals surface area contributed by atoms with Gasteiger partial charge in [0.05, 0.1) is 0 Å². The van der Waals surface area contributed by atoms with Gasteiger partial charge in [-0.1, -0.05) is 54.5 Å². The Morgan fingerprint density at radius 2 is 0.905 bits per heavy atom. The fraction of sp³-hybridized carbons (Fsp3) is 0.625. The van der Waals surface area contributed by atoms with Crippen LogP contribution in [-0.4, -0.2) is 19.3 Å². The SMILES string of the molecule is C=C.C=CC(C)(C)C.C=O.CC(C)(C)C.O=CC(F)(F)F. The molecule has 0 fully saturated rings. The molecule has 0 spiro atoms. The Balaban J connectivity index is -0.0000000545. The minimum absolute atomic E-state index is 0.306. The van der Waals surface area contributed by atoms with Gasteiger partial charge >= 0.3 is 6.18 Å². The van der Waals surface area contributed by atoms with Crippen LogP contribution < -0.4 is 0 Å². The van der Waals surface area contributed by atoms with E-state index in [1.807, 2.05) is 12.9 Å². The van der Waals surface area contributed by atoms with E-state index < -0.39 is 12.5 Å². The number of hydrogen-bond donors (Lipinski definition) is 0. The van der Waals surface area contributed by atoms with Crippen LogP contribution in [-0.2, 0) is 9.59 Å². The third kappa shape index (κ3) is 242. The Labute approximate surface area is 128 Å². The van der Waals surface area contributed by atoms with Gasteiger partial charge in [0.15, 0.2) is 0 Å². The largest absolute Gasteiger partial charge is 0.446 e. The number of halogens is 3. The molecule has 0 atom stereocenters. The number of carbonyl (C=O) groups is 2. The number of hydrogen-bond acceptors (Lipinski definition) is 2. The summed E-state index contributed by atoms with van der Waals surface area (Å²) in [4.78, 5) is 16.7. The van der Waals surface area contributed by atoms with Gasteiger partial charge in [-0.05, 0) is 10.8 Å². The van der Waals surface area contributed by atoms with Gasteiger partial charge in [-0.3, -0.25) is 4.79 Å². The predicted octanol–water partition coefficient (Wildman–Crippen LogP) is 5.64. The maximum Gasteiger partial charge on any atom is 0.446 e. The fourth-order valence-electron chi connectivity index (χ4n) is 0. The molecular weight excluding hydrogens is 281 g/mol. The lowest BCUT2D eigenvalue weighted by molar-refractivity contribution is -0.156. The second-order valence-corrected chi connectivity index (χ2v) is 6.23. The molecule has 0 N–H and O–H groups in total. The topological polar surface area (TPSA) is 34.1 Å². The smallest absolute Gasteiger partial charge is 0.307 e. The van der Waals surface area contributed by atoms with Crippen LogP contribution >= 0.6 is 0 Å². The van der Waals surface area contributed by atoms with E-state index in [4.69, 9.17) is 9.59 Å². The highest BCUT2D eigenvalue weighted by atomic mass is 19.4. The van der Waals surface area contributed by atoms with Gasteiger partial charge in [0.1, 0.15) is 6.79 Å². The summed E-state index contributed by atoms with van der Waals surface area (Å²) < 4.78 is 31.2. The molecule has 0 bridgehead atoms. The molecule has 0 aromatic heterocycles. The molecule has 2 nitrogen and oxygen atoms in total. The molecule has 21 heavy (non-hydrogen) atoms. The van der Waals surface area contributed by atoms with Crippen molar-refractivity contribution in [1.82, 2.24) is 0 Å². The summed E-state index contributed by atoms with van der Waals surface area (Å²) in [5.41, 5.74) is 0.806. The van der Waals surface area contributed by atoms with E-state index in [1.165, 1.54) is 0 Å². The van der Waals surface area contributed by atoms with Crippen molar-refractivity contribution in [1.29, 1.82) is 0 Å². The van der Waals surface area contributed by atoms with Crippen LogP contribution in [0.15, 0.2) is 25.8 Å². The fourth-order valence-corrected chi connectivity index (χ4v) is 0. The van der Waals surface area contributed by atoms with Crippen molar-refractivity contribution in [3.63, 3.8) is 0 Å². The summed E-state index contributed by atoms with van der Waals surface area (Å²) in [5, 5.41) is 0. The molecule has 0 aromatic rings. The van der Waals surface area contributed by atoms with Gasteiger partial charge in [-0.15, -0.1) is 19.7 Å². The average molecular weight is 312 g/mol. The van der Waals surface area contributed by atoms with Gasteiger partial charge < -0.3 is 4.79 Å². The first kappa shape index (κ1) is 31.8. The van der Waals surface area contributed by atoms with Crippen LogP contribution in [0.4, 0.5) is 13.2 Å². The molecule has 5 heteroatoms. The number of rotatable bonds is 0. The lowest BCUT2D eigenvalue weighted by Gasteiger charge is -2.08. The molecule has 0 amide bonds. The van der Waals surface area contributed by atoms with Crippen molar-refractivity contribution in [2.75, 3.05) is 0 Å². The molecule has 0 aliphatic heterocycles. The van der Waals surface area contributed by atoms with E-state index in [0.29, 0.717) is 10.8 Å². The van der Waals surface area contributed by atoms with E-state index in [0.717, 1.165) is 0 Å². The van der Waals surface area contributed by atoms with Gasteiger partial charge in [0, 0.05) is 0 Å². The Hall–Kier alpha value is -1.39. The second-order valence-electron chi connectivity index (χ2n) is 6.23. The van der Waals surface area contributed by atoms with E-state index in [-0.39, 0.29) is 0 Å². The third-order valence-electron chi connectivity index (χ3n) is 0.746. The Morgan fingerprint density at radius 3 is 0.905 bits per heavy atom. The molecule has 0 aliphatic rings. The molecule has 0 unspecified atom stereocenters. The summed E-state index contributed by atoms with van der Waals surface area (Å²) in [6.45, 7) is 26.8. The quantitative estimate of drug-likeness (QED) is 0.429. The molecule has 0 saturated carbocycles. The van der Waals surface area contributed by atoms with Crippen LogP contribution in [0.5, 0.6) is 0 Å². The lowest BCUT2D eigenvalue weighted by Crippen LogP contribution is -2.07. The summed E-state index contributed by atoms with van der Waals surface area (Å²) in [7, 11) is 0. The molecule has 0 radical (unpaired) electrons. The number of allylic oxidation sites excluding steroid dienone is 1. The zero-order valence-corrected chi connectivity index (χ0v) is 14.4. The minimum atomic E-state index is -4.64. The normalized spacial score (nSPS) is 9.62. The maximum atomic E-state index is 10.4. The summed E-state index contributed by atoms with van der Waals surface area (Å²) in [6.07, 6.45) is -3.76. The Morgan fingerprint density at radius 1 is 0.810 bits per heavy atom. The molecule has 128 valence electrons. The third-order valence-corrected chi connectivity index (χ3v) is 0.746. The van der Waals surface area contributed by atoms with Crippen molar-refractivity contribution in [2.45, 2.75) is 54.6 Å². The average Bonchev–Trinajstić information content (AvgIpc) is 2.31. The van der Waals surface area contributed by atoms with E-state index in [9.17, 15) is 13.2 Å². The molecule has 0 saturated heterocycles. The maximum absolute atomic E-state index is 10.4. The van der Waals surface area contributed by atoms with Crippen molar-refractivity contribution in [3.8, 4) is 0 Å². The highest BCUT2D eigenvalue weighted by Crippen LogP contribution is 2.12. The van der Waals surface area contributed by atoms with Crippen LogP contribution in [0.2, 0.25) is 0 Å². The highest BCUT2D eigenvalue weighted by molar-refractivity contribution is 5.56. The molecule has 0 rings (SSSR count). The highest BCUT2D eigenvalue weighted by Gasteiger charge is 2.24. The monoisotopic (exact) mass is 312 g/mol. The van der Waals surface area contributed by atoms with E-state index in [1.54, 1.807) is 0 Å². The number of alkyl halides is 3. The van der Waals surface area contributed by atoms with Crippen LogP contribution in [0.3, 0.4) is 0 Å². The zero-order valence-electron chi connectivity index (χ0n) is 14.4. The van der Waals surface area contributed by atoms with Crippen molar-refractivity contribution >= 4 is 13.1 Å². The van der Waals surface area contributed by atoms with E-state index in [2.05, 4.69) is 68.2 Å². The summed E-state index contributed by atoms with van der Waals surface area (Å²) >= 11 is 0.